The highest BCUT2D eigenvalue weighted by molar-refractivity contribution is 7.89. The number of hydrogen-bond acceptors (Lipinski definition) is 6. The number of primary sulfonamides is 1. The van der Waals surface area contributed by atoms with Gasteiger partial charge in [0.1, 0.15) is 10.4 Å². The highest BCUT2D eigenvalue weighted by Gasteiger charge is 2.14. The van der Waals surface area contributed by atoms with Crippen LogP contribution < -0.4 is 5.14 Å². The van der Waals surface area contributed by atoms with E-state index in [-0.39, 0.29) is 4.90 Å². The average molecular weight is 368 g/mol. The summed E-state index contributed by atoms with van der Waals surface area (Å²) in [6.07, 6.45) is 2.99. The normalized spacial score (nSPS) is 12.1. The third-order valence-electron chi connectivity index (χ3n) is 4.18. The Labute approximate surface area is 149 Å². The van der Waals surface area contributed by atoms with E-state index in [0.717, 1.165) is 27.8 Å². The highest BCUT2D eigenvalue weighted by Crippen LogP contribution is 2.25. The predicted octanol–water partition coefficient (Wildman–Crippen LogP) is 1.69. The number of aryl methyl sites for hydroxylation is 2. The smallest absolute Gasteiger partial charge is 0.239 e. The van der Waals surface area contributed by atoms with E-state index in [9.17, 15) is 8.42 Å². The van der Waals surface area contributed by atoms with Crippen LogP contribution in [0.5, 0.6) is 0 Å². The topological polar surface area (TPSA) is 117 Å². The molecule has 4 rings (SSSR count). The summed E-state index contributed by atoms with van der Waals surface area (Å²) in [5.74, 6) is 0. The van der Waals surface area contributed by atoms with E-state index >= 15 is 0 Å². The molecule has 0 spiro atoms. The van der Waals surface area contributed by atoms with Gasteiger partial charge >= 0.3 is 0 Å². The number of aromatic nitrogens is 5. The largest absolute Gasteiger partial charge is 0.324 e. The van der Waals surface area contributed by atoms with Crippen LogP contribution in [0.25, 0.3) is 22.1 Å². The van der Waals surface area contributed by atoms with Crippen molar-refractivity contribution in [1.29, 1.82) is 0 Å². The summed E-state index contributed by atoms with van der Waals surface area (Å²) in [5.41, 5.74) is 4.81. The van der Waals surface area contributed by atoms with Gasteiger partial charge in [-0.05, 0) is 38.1 Å². The van der Waals surface area contributed by atoms with Crippen molar-refractivity contribution in [2.75, 3.05) is 0 Å². The Kier molecular flexibility index (Phi) is 3.70. The first kappa shape index (κ1) is 16.6. The third kappa shape index (κ3) is 2.80. The Morgan fingerprint density at radius 2 is 1.88 bits per heavy atom. The molecule has 0 saturated heterocycles. The van der Waals surface area contributed by atoms with E-state index in [4.69, 9.17) is 5.14 Å². The lowest BCUT2D eigenvalue weighted by molar-refractivity contribution is 0.597. The van der Waals surface area contributed by atoms with Crippen molar-refractivity contribution in [2.45, 2.75) is 25.3 Å². The van der Waals surface area contributed by atoms with Gasteiger partial charge in [0.05, 0.1) is 29.8 Å². The summed E-state index contributed by atoms with van der Waals surface area (Å²) >= 11 is 0. The molecule has 2 N–H and O–H groups in total. The van der Waals surface area contributed by atoms with E-state index in [2.05, 4.69) is 19.9 Å². The van der Waals surface area contributed by atoms with Crippen molar-refractivity contribution >= 4 is 32.1 Å². The highest BCUT2D eigenvalue weighted by atomic mass is 32.2. The molecule has 8 nitrogen and oxygen atoms in total. The number of hydrogen-bond donors (Lipinski definition) is 1. The number of rotatable bonds is 3. The first-order valence-electron chi connectivity index (χ1n) is 7.89. The van der Waals surface area contributed by atoms with Gasteiger partial charge in [0, 0.05) is 17.3 Å². The van der Waals surface area contributed by atoms with Crippen molar-refractivity contribution < 1.29 is 8.42 Å². The van der Waals surface area contributed by atoms with E-state index in [1.165, 1.54) is 12.3 Å². The van der Waals surface area contributed by atoms with Gasteiger partial charge in [-0.3, -0.25) is 4.98 Å². The van der Waals surface area contributed by atoms with Crippen LogP contribution in [-0.4, -0.2) is 32.9 Å². The van der Waals surface area contributed by atoms with Crippen LogP contribution in [0, 0.1) is 13.8 Å². The van der Waals surface area contributed by atoms with Gasteiger partial charge in [0.2, 0.25) is 10.0 Å². The van der Waals surface area contributed by atoms with Crippen LogP contribution in [0.15, 0.2) is 41.7 Å². The predicted molar refractivity (Wildman–Crippen MR) is 97.0 cm³/mol. The first-order chi connectivity index (χ1) is 12.3. The molecule has 0 amide bonds. The summed E-state index contributed by atoms with van der Waals surface area (Å²) in [4.78, 5) is 17.7. The average Bonchev–Trinajstić information content (AvgIpc) is 2.99. The summed E-state index contributed by atoms with van der Waals surface area (Å²) in [6, 6.07) is 7.02. The van der Waals surface area contributed by atoms with Crippen LogP contribution in [0.2, 0.25) is 0 Å². The number of fused-ring (bicyclic) bond motifs is 3. The van der Waals surface area contributed by atoms with Crippen LogP contribution >= 0.6 is 0 Å². The monoisotopic (exact) mass is 368 g/mol. The van der Waals surface area contributed by atoms with Gasteiger partial charge in [-0.1, -0.05) is 0 Å². The Hall–Kier alpha value is -2.91. The standard InChI is InChI=1S/C17H16N6O2S/c1-10-3-6-14-16-15(11(2)22-17(14)21-10)20-9-23(16)8-12-4-5-13(7-19-12)26(18,24)25/h3-7,9H,8H2,1-2H3,(H2,18,24,25). The summed E-state index contributed by atoms with van der Waals surface area (Å²) in [5, 5.41) is 6.02. The lowest BCUT2D eigenvalue weighted by Crippen LogP contribution is -2.12. The zero-order chi connectivity index (χ0) is 18.5. The molecular formula is C17H16N6O2S. The number of sulfonamides is 1. The van der Waals surface area contributed by atoms with Crippen molar-refractivity contribution in [3.05, 3.63) is 53.9 Å². The maximum absolute atomic E-state index is 11.4. The minimum Gasteiger partial charge on any atom is -0.324 e. The van der Waals surface area contributed by atoms with Gasteiger partial charge < -0.3 is 4.57 Å². The van der Waals surface area contributed by atoms with E-state index < -0.39 is 10.0 Å². The minimum atomic E-state index is -3.75. The van der Waals surface area contributed by atoms with Gasteiger partial charge in [0.15, 0.2) is 5.65 Å². The zero-order valence-electron chi connectivity index (χ0n) is 14.2. The second-order valence-electron chi connectivity index (χ2n) is 6.12. The second-order valence-corrected chi connectivity index (χ2v) is 7.68. The lowest BCUT2D eigenvalue weighted by atomic mass is 10.2. The molecule has 132 valence electrons. The molecule has 0 atom stereocenters. The molecule has 4 heterocycles. The number of imidazole rings is 1. The minimum absolute atomic E-state index is 0.0121. The third-order valence-corrected chi connectivity index (χ3v) is 5.08. The van der Waals surface area contributed by atoms with Gasteiger partial charge in [-0.25, -0.2) is 28.5 Å². The van der Waals surface area contributed by atoms with Crippen LogP contribution in [0.1, 0.15) is 17.1 Å². The molecule has 4 aromatic heterocycles. The van der Waals surface area contributed by atoms with Gasteiger partial charge in [0.25, 0.3) is 0 Å². The molecular weight excluding hydrogens is 352 g/mol. The molecule has 0 radical (unpaired) electrons. The maximum atomic E-state index is 11.4. The first-order valence-corrected chi connectivity index (χ1v) is 9.44. The molecule has 0 aliphatic rings. The molecule has 0 aliphatic heterocycles. The maximum Gasteiger partial charge on any atom is 0.239 e. The fourth-order valence-electron chi connectivity index (χ4n) is 2.92. The number of pyridine rings is 3. The number of nitrogens with two attached hydrogens (primary N) is 1. The molecule has 0 bridgehead atoms. The van der Waals surface area contributed by atoms with Crippen LogP contribution in [0.3, 0.4) is 0 Å². The summed E-state index contributed by atoms with van der Waals surface area (Å²) in [6.45, 7) is 4.27. The summed E-state index contributed by atoms with van der Waals surface area (Å²) < 4.78 is 24.7. The van der Waals surface area contributed by atoms with Gasteiger partial charge in [-0.15, -0.1) is 0 Å². The van der Waals surface area contributed by atoms with Gasteiger partial charge in [-0.2, -0.15) is 0 Å². The van der Waals surface area contributed by atoms with Crippen LogP contribution in [-0.2, 0) is 16.6 Å². The molecule has 0 unspecified atom stereocenters. The van der Waals surface area contributed by atoms with E-state index in [1.54, 1.807) is 12.4 Å². The molecule has 0 aliphatic carbocycles. The second kappa shape index (κ2) is 5.82. The molecule has 4 aromatic rings. The SMILES string of the molecule is Cc1ccc2c(n1)nc(C)c1ncn(Cc3ccc(S(N)(=O)=O)cn3)c12. The molecule has 26 heavy (non-hydrogen) atoms. The Bertz CT molecular complexity index is 1250. The van der Waals surface area contributed by atoms with Crippen molar-refractivity contribution in [3.8, 4) is 0 Å². The fraction of sp³-hybridized carbons (Fsp3) is 0.176. The lowest BCUT2D eigenvalue weighted by Gasteiger charge is -2.08. The van der Waals surface area contributed by atoms with Crippen molar-refractivity contribution in [1.82, 2.24) is 24.5 Å². The van der Waals surface area contributed by atoms with Crippen LogP contribution in [0.4, 0.5) is 0 Å². The van der Waals surface area contributed by atoms with E-state index in [0.29, 0.717) is 17.9 Å². The fourth-order valence-corrected chi connectivity index (χ4v) is 3.38. The Balaban J connectivity index is 1.83. The Morgan fingerprint density at radius 3 is 2.58 bits per heavy atom. The number of nitrogens with zero attached hydrogens (tertiary/aromatic N) is 5. The van der Waals surface area contributed by atoms with Crippen molar-refractivity contribution in [3.63, 3.8) is 0 Å². The molecule has 0 saturated carbocycles. The molecule has 0 aromatic carbocycles. The summed E-state index contributed by atoms with van der Waals surface area (Å²) in [7, 11) is -3.75. The van der Waals surface area contributed by atoms with E-state index in [1.807, 2.05) is 30.5 Å². The quantitative estimate of drug-likeness (QED) is 0.588. The zero-order valence-corrected chi connectivity index (χ0v) is 15.0. The van der Waals surface area contributed by atoms with Crippen molar-refractivity contribution in [2.24, 2.45) is 5.14 Å². The Morgan fingerprint density at radius 1 is 1.08 bits per heavy atom. The molecule has 9 heteroatoms. The molecule has 0 fully saturated rings.